The number of para-hydroxylation sites is 2. The van der Waals surface area contributed by atoms with Crippen LogP contribution in [0.5, 0.6) is 0 Å². The zero-order chi connectivity index (χ0) is 20.5. The number of rotatable bonds is 11. The number of ether oxygens (including phenoxy) is 1. The van der Waals surface area contributed by atoms with Crippen molar-refractivity contribution < 1.29 is 9.53 Å². The molecule has 0 bridgehead atoms. The molecule has 1 aliphatic heterocycles. The number of hydrogen-bond acceptors (Lipinski definition) is 4. The highest BCUT2D eigenvalue weighted by Crippen LogP contribution is 2.25. The zero-order valence-corrected chi connectivity index (χ0v) is 18.0. The van der Waals surface area contributed by atoms with Gasteiger partial charge in [-0.3, -0.25) is 4.79 Å². The Morgan fingerprint density at radius 2 is 1.93 bits per heavy atom. The minimum Gasteiger partial charge on any atom is -0.383 e. The van der Waals surface area contributed by atoms with Gasteiger partial charge in [0.1, 0.15) is 0 Å². The van der Waals surface area contributed by atoms with Crippen LogP contribution in [0.3, 0.4) is 0 Å². The highest BCUT2D eigenvalue weighted by atomic mass is 16.5. The first-order valence-electron chi connectivity index (χ1n) is 11.2. The van der Waals surface area contributed by atoms with Crippen LogP contribution in [-0.2, 0) is 16.1 Å². The molecule has 0 spiro atoms. The maximum atomic E-state index is 12.2. The summed E-state index contributed by atoms with van der Waals surface area (Å²) in [4.78, 5) is 19.5. The van der Waals surface area contributed by atoms with Crippen LogP contribution in [0.15, 0.2) is 24.3 Å². The maximum absolute atomic E-state index is 12.2. The second kappa shape index (κ2) is 11.2. The second-order valence-corrected chi connectivity index (χ2v) is 8.04. The summed E-state index contributed by atoms with van der Waals surface area (Å²) in [7, 11) is 1.73. The van der Waals surface area contributed by atoms with Crippen molar-refractivity contribution in [3.05, 3.63) is 24.3 Å². The fourth-order valence-electron chi connectivity index (χ4n) is 4.12. The Balaban J connectivity index is 1.52. The van der Waals surface area contributed by atoms with Gasteiger partial charge in [-0.2, -0.15) is 0 Å². The highest BCUT2D eigenvalue weighted by Gasteiger charge is 2.24. The molecular formula is C23H36N4O2. The van der Waals surface area contributed by atoms with Crippen LogP contribution in [0, 0.1) is 0 Å². The summed E-state index contributed by atoms with van der Waals surface area (Å²) in [5.41, 5.74) is 2.18. The molecule has 0 atom stereocenters. The van der Waals surface area contributed by atoms with E-state index in [0.717, 1.165) is 62.3 Å². The zero-order valence-electron chi connectivity index (χ0n) is 18.0. The number of fused-ring (bicyclic) bond motifs is 1. The smallest absolute Gasteiger partial charge is 0.220 e. The Labute approximate surface area is 174 Å². The van der Waals surface area contributed by atoms with E-state index in [9.17, 15) is 4.79 Å². The molecule has 1 saturated heterocycles. The number of piperidine rings is 1. The number of methoxy groups -OCH3 is 1. The molecule has 1 amide bonds. The molecule has 0 aliphatic carbocycles. The van der Waals surface area contributed by atoms with Crippen LogP contribution in [0.2, 0.25) is 0 Å². The van der Waals surface area contributed by atoms with Crippen LogP contribution < -0.4 is 10.2 Å². The SMILES string of the molecule is CCCCCCCC(=O)NC1CCN(c2nc3ccccc3n2CCOC)CC1. The lowest BCUT2D eigenvalue weighted by Crippen LogP contribution is -2.45. The summed E-state index contributed by atoms with van der Waals surface area (Å²) in [6.45, 7) is 5.50. The first-order chi connectivity index (χ1) is 14.2. The predicted molar refractivity (Wildman–Crippen MR) is 118 cm³/mol. The standard InChI is InChI=1S/C23H36N4O2/c1-3-4-5-6-7-12-22(28)24-19-13-15-26(16-14-19)23-25-20-10-8-9-11-21(20)27(23)17-18-29-2/h8-11,19H,3-7,12-18H2,1-2H3,(H,24,28). The number of nitrogens with zero attached hydrogens (tertiary/aromatic N) is 3. The Bertz CT molecular complexity index is 765. The van der Waals surface area contributed by atoms with Crippen molar-refractivity contribution in [2.45, 2.75) is 70.9 Å². The average Bonchev–Trinajstić information content (AvgIpc) is 3.11. The van der Waals surface area contributed by atoms with E-state index in [1.165, 1.54) is 19.3 Å². The molecule has 6 heteroatoms. The van der Waals surface area contributed by atoms with E-state index in [4.69, 9.17) is 9.72 Å². The highest BCUT2D eigenvalue weighted by molar-refractivity contribution is 5.79. The molecule has 0 radical (unpaired) electrons. The molecule has 1 aliphatic rings. The number of amides is 1. The first kappa shape index (κ1) is 21.6. The molecule has 3 rings (SSSR count). The van der Waals surface area contributed by atoms with Crippen molar-refractivity contribution in [2.75, 3.05) is 31.7 Å². The Morgan fingerprint density at radius 3 is 2.69 bits per heavy atom. The molecule has 0 saturated carbocycles. The van der Waals surface area contributed by atoms with Gasteiger partial charge in [-0.1, -0.05) is 44.7 Å². The number of anilines is 1. The number of carbonyl (C=O) groups is 1. The molecule has 1 aromatic heterocycles. The van der Waals surface area contributed by atoms with Crippen LogP contribution >= 0.6 is 0 Å². The lowest BCUT2D eigenvalue weighted by molar-refractivity contribution is -0.122. The summed E-state index contributed by atoms with van der Waals surface area (Å²) in [5.74, 6) is 1.23. The van der Waals surface area contributed by atoms with Crippen molar-refractivity contribution in [2.24, 2.45) is 0 Å². The number of unbranched alkanes of at least 4 members (excludes halogenated alkanes) is 4. The second-order valence-electron chi connectivity index (χ2n) is 8.04. The number of imidazole rings is 1. The van der Waals surface area contributed by atoms with Gasteiger partial charge in [-0.25, -0.2) is 4.98 Å². The van der Waals surface area contributed by atoms with E-state index < -0.39 is 0 Å². The molecule has 1 fully saturated rings. The lowest BCUT2D eigenvalue weighted by atomic mass is 10.0. The van der Waals surface area contributed by atoms with Crippen molar-refractivity contribution >= 4 is 22.9 Å². The van der Waals surface area contributed by atoms with E-state index in [1.54, 1.807) is 7.11 Å². The number of carbonyl (C=O) groups excluding carboxylic acids is 1. The molecule has 2 heterocycles. The Kier molecular flexibility index (Phi) is 8.35. The van der Waals surface area contributed by atoms with Crippen molar-refractivity contribution in [1.29, 1.82) is 0 Å². The third-order valence-corrected chi connectivity index (χ3v) is 5.80. The largest absolute Gasteiger partial charge is 0.383 e. The fourth-order valence-corrected chi connectivity index (χ4v) is 4.12. The van der Waals surface area contributed by atoms with Crippen molar-refractivity contribution in [1.82, 2.24) is 14.9 Å². The van der Waals surface area contributed by atoms with Gasteiger partial charge in [-0.15, -0.1) is 0 Å². The number of benzene rings is 1. The minimum atomic E-state index is 0.215. The number of aromatic nitrogens is 2. The molecule has 6 nitrogen and oxygen atoms in total. The van der Waals surface area contributed by atoms with E-state index in [1.807, 2.05) is 6.07 Å². The van der Waals surface area contributed by atoms with Gasteiger partial charge >= 0.3 is 0 Å². The third-order valence-electron chi connectivity index (χ3n) is 5.80. The van der Waals surface area contributed by atoms with E-state index >= 15 is 0 Å². The normalized spacial score (nSPS) is 15.2. The first-order valence-corrected chi connectivity index (χ1v) is 11.2. The van der Waals surface area contributed by atoms with Gasteiger partial charge in [0.2, 0.25) is 11.9 Å². The maximum Gasteiger partial charge on any atom is 0.220 e. The Morgan fingerprint density at radius 1 is 1.17 bits per heavy atom. The molecule has 1 N–H and O–H groups in total. The lowest BCUT2D eigenvalue weighted by Gasteiger charge is -2.33. The third kappa shape index (κ3) is 5.95. The van der Waals surface area contributed by atoms with E-state index in [2.05, 4.69) is 39.9 Å². The van der Waals surface area contributed by atoms with Gasteiger partial charge in [-0.05, 0) is 31.4 Å². The Hall–Kier alpha value is -2.08. The van der Waals surface area contributed by atoms with Crippen LogP contribution in [-0.4, -0.2) is 48.3 Å². The minimum absolute atomic E-state index is 0.215. The molecule has 0 unspecified atom stereocenters. The van der Waals surface area contributed by atoms with Gasteiger partial charge in [0.25, 0.3) is 0 Å². The van der Waals surface area contributed by atoms with Crippen molar-refractivity contribution in [3.8, 4) is 0 Å². The summed E-state index contributed by atoms with van der Waals surface area (Å²) >= 11 is 0. The van der Waals surface area contributed by atoms with E-state index in [-0.39, 0.29) is 11.9 Å². The molecule has 29 heavy (non-hydrogen) atoms. The van der Waals surface area contributed by atoms with Crippen LogP contribution in [0.25, 0.3) is 11.0 Å². The summed E-state index contributed by atoms with van der Waals surface area (Å²) < 4.78 is 7.56. The quantitative estimate of drug-likeness (QED) is 0.576. The number of nitrogens with one attached hydrogen (secondary N) is 1. The van der Waals surface area contributed by atoms with E-state index in [0.29, 0.717) is 13.0 Å². The predicted octanol–water partition coefficient (Wildman–Crippen LogP) is 4.13. The molecule has 2 aromatic rings. The monoisotopic (exact) mass is 400 g/mol. The van der Waals surface area contributed by atoms with Gasteiger partial charge in [0.05, 0.1) is 17.6 Å². The summed E-state index contributed by atoms with van der Waals surface area (Å²) in [5, 5.41) is 3.24. The molecular weight excluding hydrogens is 364 g/mol. The van der Waals surface area contributed by atoms with Crippen LogP contribution in [0.1, 0.15) is 58.3 Å². The summed E-state index contributed by atoms with van der Waals surface area (Å²) in [6, 6.07) is 8.56. The van der Waals surface area contributed by atoms with Crippen LogP contribution in [0.4, 0.5) is 5.95 Å². The van der Waals surface area contributed by atoms with Crippen molar-refractivity contribution in [3.63, 3.8) is 0 Å². The topological polar surface area (TPSA) is 59.4 Å². The molecule has 1 aromatic carbocycles. The average molecular weight is 401 g/mol. The summed E-state index contributed by atoms with van der Waals surface area (Å²) in [6.07, 6.45) is 8.53. The fraction of sp³-hybridized carbons (Fsp3) is 0.652. The number of hydrogen-bond donors (Lipinski definition) is 1. The van der Waals surface area contributed by atoms with Gasteiger partial charge < -0.3 is 19.5 Å². The van der Waals surface area contributed by atoms with Gasteiger partial charge in [0.15, 0.2) is 0 Å². The van der Waals surface area contributed by atoms with Gasteiger partial charge in [0, 0.05) is 39.2 Å². The molecule has 160 valence electrons.